The Bertz CT molecular complexity index is 638. The summed E-state index contributed by atoms with van der Waals surface area (Å²) in [6, 6.07) is 3.15. The van der Waals surface area contributed by atoms with E-state index >= 15 is 0 Å². The van der Waals surface area contributed by atoms with Gasteiger partial charge in [-0.05, 0) is 40.4 Å². The minimum atomic E-state index is -0.764. The molecule has 1 aliphatic rings. The third-order valence-electron chi connectivity index (χ3n) is 4.02. The molecule has 0 aliphatic carbocycles. The minimum absolute atomic E-state index is 0.0390. The minimum Gasteiger partial charge on any atom is -0.375 e. The van der Waals surface area contributed by atoms with Crippen LogP contribution in [0.2, 0.25) is 0 Å². The summed E-state index contributed by atoms with van der Waals surface area (Å²) in [5.74, 6) is -1.20. The fraction of sp³-hybridized carbons (Fsp3) is 0.500. The van der Waals surface area contributed by atoms with Gasteiger partial charge in [0.05, 0.1) is 0 Å². The number of hydrogen-bond acceptors (Lipinski definition) is 5. The normalized spacial score (nSPS) is 20.0. The number of pyridine rings is 1. The molecule has 0 spiro atoms. The number of nitrogens with one attached hydrogen (secondary N) is 2. The van der Waals surface area contributed by atoms with Gasteiger partial charge in [-0.2, -0.15) is 0 Å². The van der Waals surface area contributed by atoms with Crippen molar-refractivity contribution in [3.8, 4) is 0 Å². The van der Waals surface area contributed by atoms with Gasteiger partial charge in [0.2, 0.25) is 5.91 Å². The van der Waals surface area contributed by atoms with Crippen LogP contribution < -0.4 is 10.6 Å². The van der Waals surface area contributed by atoms with Crippen molar-refractivity contribution >= 4 is 39.5 Å². The van der Waals surface area contributed by atoms with E-state index in [2.05, 4.69) is 31.5 Å². The van der Waals surface area contributed by atoms with E-state index in [4.69, 9.17) is 4.74 Å². The Labute approximate surface area is 154 Å². The number of anilines is 1. The number of nitrogens with zero attached hydrogens (tertiary/aromatic N) is 2. The molecule has 1 aromatic heterocycles. The lowest BCUT2D eigenvalue weighted by atomic mass is 9.93. The Morgan fingerprint density at radius 2 is 2.12 bits per heavy atom. The van der Waals surface area contributed by atoms with E-state index < -0.39 is 11.8 Å². The first-order chi connectivity index (χ1) is 11.9. The number of amides is 3. The summed E-state index contributed by atoms with van der Waals surface area (Å²) in [5.41, 5.74) is 0. The maximum atomic E-state index is 12.1. The van der Waals surface area contributed by atoms with Crippen molar-refractivity contribution in [2.24, 2.45) is 5.92 Å². The smallest absolute Gasteiger partial charge is 0.314 e. The summed E-state index contributed by atoms with van der Waals surface area (Å²) < 4.78 is 5.63. The molecule has 0 bridgehead atoms. The van der Waals surface area contributed by atoms with Gasteiger partial charge in [0.15, 0.2) is 0 Å². The molecule has 1 aromatic rings. The molecule has 0 radical (unpaired) electrons. The van der Waals surface area contributed by atoms with Crippen LogP contribution in [-0.2, 0) is 19.1 Å². The highest BCUT2D eigenvalue weighted by molar-refractivity contribution is 9.10. The van der Waals surface area contributed by atoms with Crippen LogP contribution in [0.15, 0.2) is 22.8 Å². The lowest BCUT2D eigenvalue weighted by Crippen LogP contribution is -2.53. The molecule has 1 aliphatic heterocycles. The van der Waals surface area contributed by atoms with Crippen LogP contribution in [0.25, 0.3) is 0 Å². The fourth-order valence-corrected chi connectivity index (χ4v) is 2.89. The molecule has 2 rings (SSSR count). The molecule has 25 heavy (non-hydrogen) atoms. The van der Waals surface area contributed by atoms with Gasteiger partial charge in [-0.15, -0.1) is 0 Å². The number of ether oxygens (including phenoxy) is 1. The summed E-state index contributed by atoms with van der Waals surface area (Å²) in [5, 5.41) is 5.19. The maximum Gasteiger partial charge on any atom is 0.314 e. The van der Waals surface area contributed by atoms with E-state index in [-0.39, 0.29) is 24.5 Å². The molecule has 2 N–H and O–H groups in total. The van der Waals surface area contributed by atoms with Crippen LogP contribution in [0.4, 0.5) is 5.82 Å². The SMILES string of the molecule is COCC(=O)N1CC[C@H](NC(=O)C(=O)Nc2ccc(Br)cn2)[C@H](C)C1. The first-order valence-corrected chi connectivity index (χ1v) is 8.70. The van der Waals surface area contributed by atoms with Crippen LogP contribution >= 0.6 is 15.9 Å². The van der Waals surface area contributed by atoms with Crippen LogP contribution in [-0.4, -0.2) is 60.5 Å². The standard InChI is InChI=1S/C16H21BrN4O4/c1-10-8-21(14(22)9-25-2)6-5-12(10)19-15(23)16(24)20-13-4-3-11(17)7-18-13/h3-4,7,10,12H,5-6,8-9H2,1-2H3,(H,19,23)(H,18,20,24)/t10-,12+/m1/s1. The lowest BCUT2D eigenvalue weighted by molar-refractivity contribution is -0.139. The van der Waals surface area contributed by atoms with Gasteiger partial charge in [-0.1, -0.05) is 6.92 Å². The zero-order valence-corrected chi connectivity index (χ0v) is 15.7. The van der Waals surface area contributed by atoms with Gasteiger partial charge in [-0.3, -0.25) is 14.4 Å². The zero-order valence-electron chi connectivity index (χ0n) is 14.1. The van der Waals surface area contributed by atoms with Crippen molar-refractivity contribution in [1.82, 2.24) is 15.2 Å². The summed E-state index contributed by atoms with van der Waals surface area (Å²) in [4.78, 5) is 41.6. The average molecular weight is 413 g/mol. The molecule has 1 saturated heterocycles. The molecule has 0 aromatic carbocycles. The Morgan fingerprint density at radius 1 is 1.36 bits per heavy atom. The number of piperidine rings is 1. The van der Waals surface area contributed by atoms with E-state index in [1.807, 2.05) is 6.92 Å². The van der Waals surface area contributed by atoms with E-state index in [1.54, 1.807) is 17.0 Å². The number of carbonyl (C=O) groups is 3. The van der Waals surface area contributed by atoms with Gasteiger partial charge >= 0.3 is 11.8 Å². The third kappa shape index (κ3) is 5.50. The molecule has 8 nitrogen and oxygen atoms in total. The monoisotopic (exact) mass is 412 g/mol. The Morgan fingerprint density at radius 3 is 2.72 bits per heavy atom. The average Bonchev–Trinajstić information content (AvgIpc) is 2.58. The Kier molecular flexibility index (Phi) is 6.89. The van der Waals surface area contributed by atoms with Crippen LogP contribution in [0, 0.1) is 5.92 Å². The van der Waals surface area contributed by atoms with E-state index in [9.17, 15) is 14.4 Å². The van der Waals surface area contributed by atoms with Crippen molar-refractivity contribution in [2.45, 2.75) is 19.4 Å². The van der Waals surface area contributed by atoms with Crippen molar-refractivity contribution in [2.75, 3.05) is 32.1 Å². The van der Waals surface area contributed by atoms with Gasteiger partial charge in [0, 0.05) is 36.9 Å². The van der Waals surface area contributed by atoms with Crippen LogP contribution in [0.3, 0.4) is 0 Å². The molecular weight excluding hydrogens is 392 g/mol. The number of rotatable bonds is 4. The number of halogens is 1. The number of hydrogen-bond donors (Lipinski definition) is 2. The second-order valence-corrected chi connectivity index (χ2v) is 6.85. The first kappa shape index (κ1) is 19.3. The largest absolute Gasteiger partial charge is 0.375 e. The molecule has 0 saturated carbocycles. The highest BCUT2D eigenvalue weighted by atomic mass is 79.9. The van der Waals surface area contributed by atoms with E-state index in [0.29, 0.717) is 25.3 Å². The molecule has 2 heterocycles. The third-order valence-corrected chi connectivity index (χ3v) is 4.49. The number of carbonyl (C=O) groups excluding carboxylic acids is 3. The summed E-state index contributed by atoms with van der Waals surface area (Å²) in [6.07, 6.45) is 2.12. The molecule has 9 heteroatoms. The van der Waals surface area contributed by atoms with E-state index in [1.165, 1.54) is 13.3 Å². The lowest BCUT2D eigenvalue weighted by Gasteiger charge is -2.37. The zero-order chi connectivity index (χ0) is 18.4. The van der Waals surface area contributed by atoms with Gasteiger partial charge in [0.25, 0.3) is 0 Å². The summed E-state index contributed by atoms with van der Waals surface area (Å²) >= 11 is 3.25. The maximum absolute atomic E-state index is 12.1. The Hall–Kier alpha value is -2.00. The number of likely N-dealkylation sites (tertiary alicyclic amines) is 1. The second kappa shape index (κ2) is 8.91. The highest BCUT2D eigenvalue weighted by Gasteiger charge is 2.30. The predicted octanol–water partition coefficient (Wildman–Crippen LogP) is 0.782. The predicted molar refractivity (Wildman–Crippen MR) is 94.7 cm³/mol. The molecule has 3 amide bonds. The van der Waals surface area contributed by atoms with Crippen molar-refractivity contribution in [3.05, 3.63) is 22.8 Å². The van der Waals surface area contributed by atoms with Crippen LogP contribution in [0.5, 0.6) is 0 Å². The van der Waals surface area contributed by atoms with Crippen molar-refractivity contribution in [3.63, 3.8) is 0 Å². The van der Waals surface area contributed by atoms with Gasteiger partial charge < -0.3 is 20.3 Å². The highest BCUT2D eigenvalue weighted by Crippen LogP contribution is 2.17. The van der Waals surface area contributed by atoms with Gasteiger partial charge in [0.1, 0.15) is 12.4 Å². The molecule has 0 unspecified atom stereocenters. The number of methoxy groups -OCH3 is 1. The quantitative estimate of drug-likeness (QED) is 0.711. The van der Waals surface area contributed by atoms with Crippen molar-refractivity contribution < 1.29 is 19.1 Å². The summed E-state index contributed by atoms with van der Waals surface area (Å²) in [6.45, 7) is 3.02. The fourth-order valence-electron chi connectivity index (χ4n) is 2.66. The molecule has 1 fully saturated rings. The number of aromatic nitrogens is 1. The first-order valence-electron chi connectivity index (χ1n) is 7.90. The molecule has 2 atom stereocenters. The molecule has 136 valence electrons. The second-order valence-electron chi connectivity index (χ2n) is 5.93. The van der Waals surface area contributed by atoms with E-state index in [0.717, 1.165) is 4.47 Å². The summed E-state index contributed by atoms with van der Waals surface area (Å²) in [7, 11) is 1.48. The van der Waals surface area contributed by atoms with Crippen LogP contribution in [0.1, 0.15) is 13.3 Å². The van der Waals surface area contributed by atoms with Crippen molar-refractivity contribution in [1.29, 1.82) is 0 Å². The topological polar surface area (TPSA) is 101 Å². The van der Waals surface area contributed by atoms with Gasteiger partial charge in [-0.25, -0.2) is 4.98 Å². The Balaban J connectivity index is 1.85. The molecular formula is C16H21BrN4O4.